The Morgan fingerprint density at radius 2 is 1.94 bits per heavy atom. The van der Waals surface area contributed by atoms with Gasteiger partial charge in [0, 0.05) is 19.6 Å². The molecule has 0 saturated heterocycles. The Morgan fingerprint density at radius 3 is 2.41 bits per heavy atom. The van der Waals surface area contributed by atoms with Gasteiger partial charge in [-0.1, -0.05) is 13.8 Å². The van der Waals surface area contributed by atoms with Gasteiger partial charge in [0.15, 0.2) is 5.96 Å². The third-order valence-corrected chi connectivity index (χ3v) is 3.16. The average molecular weight is 378 g/mol. The summed E-state index contributed by atoms with van der Waals surface area (Å²) in [7, 11) is -3.11. The molecule has 8 heteroatoms. The minimum absolute atomic E-state index is 0. The van der Waals surface area contributed by atoms with Gasteiger partial charge < -0.3 is 11.1 Å². The quantitative estimate of drug-likeness (QED) is 0.254. The highest BCUT2D eigenvalue weighted by molar-refractivity contribution is 14.0. The largest absolute Gasteiger partial charge is 0.370 e. The van der Waals surface area contributed by atoms with E-state index in [1.807, 2.05) is 13.8 Å². The fourth-order valence-corrected chi connectivity index (χ4v) is 1.45. The highest BCUT2D eigenvalue weighted by atomic mass is 127. The highest BCUT2D eigenvalue weighted by Gasteiger charge is 2.04. The molecule has 0 unspecified atom stereocenters. The fraction of sp³-hybridized carbons (Fsp3) is 0.889. The predicted octanol–water partition coefficient (Wildman–Crippen LogP) is 0.104. The van der Waals surface area contributed by atoms with Crippen LogP contribution in [-0.4, -0.2) is 39.8 Å². The van der Waals surface area contributed by atoms with Crippen molar-refractivity contribution < 1.29 is 8.42 Å². The Kier molecular flexibility index (Phi) is 11.2. The molecular weight excluding hydrogens is 355 g/mol. The molecule has 0 spiro atoms. The van der Waals surface area contributed by atoms with Gasteiger partial charge in [0.2, 0.25) is 10.0 Å². The van der Waals surface area contributed by atoms with E-state index in [4.69, 9.17) is 5.73 Å². The number of hydrogen-bond donors (Lipinski definition) is 3. The standard InChI is InChI=1S/C9H22N4O2S.HI/c1-4-16(14,15)13-6-5-11-9(10)12-7-8(2)3;/h8,13H,4-7H2,1-3H3,(H3,10,11,12);1H. The molecule has 0 fully saturated rings. The van der Waals surface area contributed by atoms with Crippen LogP contribution in [0.5, 0.6) is 0 Å². The number of sulfonamides is 1. The lowest BCUT2D eigenvalue weighted by Gasteiger charge is -2.07. The average Bonchev–Trinajstić information content (AvgIpc) is 2.21. The molecule has 0 bridgehead atoms. The van der Waals surface area contributed by atoms with E-state index in [1.165, 1.54) is 0 Å². The van der Waals surface area contributed by atoms with E-state index >= 15 is 0 Å². The molecule has 0 aromatic heterocycles. The van der Waals surface area contributed by atoms with Crippen molar-refractivity contribution in [2.45, 2.75) is 20.8 Å². The molecular formula is C9H23IN4O2S. The van der Waals surface area contributed by atoms with Crippen LogP contribution in [0.1, 0.15) is 20.8 Å². The molecule has 0 amide bonds. The normalized spacial score (nSPS) is 12.4. The molecule has 0 aliphatic rings. The Hall–Kier alpha value is -0.0900. The summed E-state index contributed by atoms with van der Waals surface area (Å²) in [6.45, 7) is 7.10. The summed E-state index contributed by atoms with van der Waals surface area (Å²) in [5.74, 6) is 0.896. The van der Waals surface area contributed by atoms with Crippen LogP contribution in [0.25, 0.3) is 0 Å². The van der Waals surface area contributed by atoms with Gasteiger partial charge >= 0.3 is 0 Å². The lowest BCUT2D eigenvalue weighted by Crippen LogP contribution is -2.39. The van der Waals surface area contributed by atoms with E-state index in [0.29, 0.717) is 31.5 Å². The Morgan fingerprint density at radius 1 is 1.35 bits per heavy atom. The zero-order chi connectivity index (χ0) is 12.6. The van der Waals surface area contributed by atoms with E-state index in [0.717, 1.165) is 0 Å². The summed E-state index contributed by atoms with van der Waals surface area (Å²) < 4.78 is 24.5. The Labute approximate surface area is 121 Å². The van der Waals surface area contributed by atoms with Gasteiger partial charge in [-0.3, -0.25) is 4.99 Å². The maximum absolute atomic E-state index is 11.1. The molecule has 4 N–H and O–H groups in total. The van der Waals surface area contributed by atoms with Gasteiger partial charge in [-0.2, -0.15) is 0 Å². The number of nitrogens with two attached hydrogens (primary N) is 1. The van der Waals surface area contributed by atoms with E-state index in [-0.39, 0.29) is 29.7 Å². The van der Waals surface area contributed by atoms with Crippen LogP contribution in [0.3, 0.4) is 0 Å². The number of aliphatic imine (C=N–C) groups is 1. The van der Waals surface area contributed by atoms with Crippen LogP contribution in [0.2, 0.25) is 0 Å². The van der Waals surface area contributed by atoms with Crippen molar-refractivity contribution in [3.63, 3.8) is 0 Å². The van der Waals surface area contributed by atoms with Gasteiger partial charge in [0.05, 0.1) is 5.75 Å². The Bertz CT molecular complexity index is 317. The maximum Gasteiger partial charge on any atom is 0.211 e. The summed E-state index contributed by atoms with van der Waals surface area (Å²) in [5, 5.41) is 2.84. The van der Waals surface area contributed by atoms with Crippen LogP contribution in [0.15, 0.2) is 4.99 Å². The van der Waals surface area contributed by atoms with Crippen LogP contribution in [0, 0.1) is 5.92 Å². The first-order valence-electron chi connectivity index (χ1n) is 5.38. The molecule has 17 heavy (non-hydrogen) atoms. The van der Waals surface area contributed by atoms with Gasteiger partial charge in [-0.15, -0.1) is 24.0 Å². The predicted molar refractivity (Wildman–Crippen MR) is 82.2 cm³/mol. The first kappa shape index (κ1) is 19.3. The summed E-state index contributed by atoms with van der Waals surface area (Å²) >= 11 is 0. The van der Waals surface area contributed by atoms with Crippen LogP contribution < -0.4 is 15.8 Å². The van der Waals surface area contributed by atoms with Crippen molar-refractivity contribution in [3.8, 4) is 0 Å². The summed E-state index contributed by atoms with van der Waals surface area (Å²) in [6, 6.07) is 0. The zero-order valence-corrected chi connectivity index (χ0v) is 13.7. The monoisotopic (exact) mass is 378 g/mol. The van der Waals surface area contributed by atoms with E-state index < -0.39 is 10.0 Å². The number of hydrogen-bond acceptors (Lipinski definition) is 3. The van der Waals surface area contributed by atoms with Gasteiger partial charge in [-0.25, -0.2) is 13.1 Å². The van der Waals surface area contributed by atoms with Crippen LogP contribution >= 0.6 is 24.0 Å². The summed E-state index contributed by atoms with van der Waals surface area (Å²) in [5.41, 5.74) is 5.57. The van der Waals surface area contributed by atoms with Gasteiger partial charge in [0.25, 0.3) is 0 Å². The lowest BCUT2D eigenvalue weighted by molar-refractivity contribution is 0.582. The van der Waals surface area contributed by atoms with Crippen molar-refractivity contribution in [1.82, 2.24) is 10.0 Å². The molecule has 104 valence electrons. The first-order chi connectivity index (χ1) is 7.37. The minimum Gasteiger partial charge on any atom is -0.370 e. The molecule has 0 aromatic rings. The van der Waals surface area contributed by atoms with E-state index in [2.05, 4.69) is 15.0 Å². The second kappa shape index (κ2) is 9.89. The molecule has 0 aliphatic heterocycles. The van der Waals surface area contributed by atoms with E-state index in [9.17, 15) is 8.42 Å². The van der Waals surface area contributed by atoms with Crippen molar-refractivity contribution in [2.24, 2.45) is 16.6 Å². The lowest BCUT2D eigenvalue weighted by atomic mass is 10.2. The van der Waals surface area contributed by atoms with Crippen molar-refractivity contribution in [3.05, 3.63) is 0 Å². The minimum atomic E-state index is -3.11. The Balaban J connectivity index is 0. The third-order valence-electron chi connectivity index (χ3n) is 1.76. The van der Waals surface area contributed by atoms with Crippen LogP contribution in [0.4, 0.5) is 0 Å². The molecule has 6 nitrogen and oxygen atoms in total. The molecule has 0 aromatic carbocycles. The van der Waals surface area contributed by atoms with E-state index in [1.54, 1.807) is 6.92 Å². The highest BCUT2D eigenvalue weighted by Crippen LogP contribution is 1.90. The second-order valence-electron chi connectivity index (χ2n) is 3.84. The first-order valence-corrected chi connectivity index (χ1v) is 7.03. The number of halogens is 1. The number of guanidine groups is 1. The SMILES string of the molecule is CCS(=O)(=O)NCCNC(N)=NCC(C)C.I. The van der Waals surface area contributed by atoms with Crippen LogP contribution in [-0.2, 0) is 10.0 Å². The molecule has 0 rings (SSSR count). The number of nitrogens with zero attached hydrogens (tertiary/aromatic N) is 1. The smallest absolute Gasteiger partial charge is 0.211 e. The van der Waals surface area contributed by atoms with Crippen molar-refractivity contribution in [2.75, 3.05) is 25.4 Å². The zero-order valence-electron chi connectivity index (χ0n) is 10.6. The molecule has 0 saturated carbocycles. The maximum atomic E-state index is 11.1. The van der Waals surface area contributed by atoms with Crippen molar-refractivity contribution in [1.29, 1.82) is 0 Å². The summed E-state index contributed by atoms with van der Waals surface area (Å²) in [4.78, 5) is 4.08. The second-order valence-corrected chi connectivity index (χ2v) is 5.94. The number of nitrogens with one attached hydrogen (secondary N) is 2. The molecule has 0 heterocycles. The fourth-order valence-electron chi connectivity index (χ4n) is 0.836. The van der Waals surface area contributed by atoms with Gasteiger partial charge in [0.1, 0.15) is 0 Å². The topological polar surface area (TPSA) is 96.6 Å². The summed E-state index contributed by atoms with van der Waals surface area (Å²) in [6.07, 6.45) is 0. The molecule has 0 radical (unpaired) electrons. The van der Waals surface area contributed by atoms with Gasteiger partial charge in [-0.05, 0) is 12.8 Å². The van der Waals surface area contributed by atoms with Crippen molar-refractivity contribution >= 4 is 40.0 Å². The molecule has 0 atom stereocenters. The molecule has 0 aliphatic carbocycles. The number of rotatable bonds is 7. The third kappa shape index (κ3) is 12.2.